The number of aryl methyl sites for hydroxylation is 1. The number of carboxylic acids is 1. The highest BCUT2D eigenvalue weighted by Crippen LogP contribution is 2.20. The van der Waals surface area contributed by atoms with Gasteiger partial charge in [-0.1, -0.05) is 11.6 Å². The number of nitrogens with one attached hydrogen (secondary N) is 1. The Morgan fingerprint density at radius 2 is 2.26 bits per heavy atom. The Bertz CT molecular complexity index is 495. The third-order valence-corrected chi connectivity index (χ3v) is 3.34. The van der Waals surface area contributed by atoms with Crippen LogP contribution < -0.4 is 5.32 Å². The number of carbonyl (C=O) groups is 1. The Morgan fingerprint density at radius 3 is 2.95 bits per heavy atom. The standard InChI is InChI=1S/C15H20N2O2/c1-11-9-13(15(18)19)10-14(17-11)16-8-7-12-5-3-2-4-6-12/h5,9-10H,2-4,6-8H2,1H3,(H,16,17)(H,18,19). The quantitative estimate of drug-likeness (QED) is 0.797. The molecule has 2 N–H and O–H groups in total. The van der Waals surface area contributed by atoms with Gasteiger partial charge in [0.15, 0.2) is 0 Å². The SMILES string of the molecule is Cc1cc(C(=O)O)cc(NCCC2=CCCCC2)n1. The largest absolute Gasteiger partial charge is 0.478 e. The molecule has 1 aliphatic rings. The van der Waals surface area contributed by atoms with Crippen molar-refractivity contribution in [2.75, 3.05) is 11.9 Å². The van der Waals surface area contributed by atoms with E-state index >= 15 is 0 Å². The van der Waals surface area contributed by atoms with Crippen LogP contribution in [0.3, 0.4) is 0 Å². The Hall–Kier alpha value is -1.84. The topological polar surface area (TPSA) is 62.2 Å². The zero-order chi connectivity index (χ0) is 13.7. The van der Waals surface area contributed by atoms with E-state index in [1.165, 1.54) is 31.3 Å². The van der Waals surface area contributed by atoms with Crippen molar-refractivity contribution in [2.45, 2.75) is 39.0 Å². The van der Waals surface area contributed by atoms with Gasteiger partial charge in [-0.2, -0.15) is 0 Å². The summed E-state index contributed by atoms with van der Waals surface area (Å²) in [6, 6.07) is 3.17. The zero-order valence-corrected chi connectivity index (χ0v) is 11.3. The van der Waals surface area contributed by atoms with Crippen molar-refractivity contribution in [3.63, 3.8) is 0 Å². The molecule has 0 bridgehead atoms. The van der Waals surface area contributed by atoms with Crippen LogP contribution in [0, 0.1) is 6.92 Å². The minimum Gasteiger partial charge on any atom is -0.478 e. The fourth-order valence-electron chi connectivity index (χ4n) is 2.37. The number of rotatable bonds is 5. The van der Waals surface area contributed by atoms with Crippen LogP contribution in [0.1, 0.15) is 48.2 Å². The van der Waals surface area contributed by atoms with Gasteiger partial charge in [-0.25, -0.2) is 9.78 Å². The van der Waals surface area contributed by atoms with Gasteiger partial charge in [0.05, 0.1) is 5.56 Å². The first-order valence-electron chi connectivity index (χ1n) is 6.79. The first-order chi connectivity index (χ1) is 9.15. The lowest BCUT2D eigenvalue weighted by molar-refractivity contribution is 0.0696. The summed E-state index contributed by atoms with van der Waals surface area (Å²) in [5.74, 6) is -0.266. The van der Waals surface area contributed by atoms with Gasteiger partial charge < -0.3 is 10.4 Å². The molecule has 4 heteroatoms. The second kappa shape index (κ2) is 6.36. The van der Waals surface area contributed by atoms with Gasteiger partial charge in [-0.3, -0.25) is 0 Å². The van der Waals surface area contributed by atoms with Crippen LogP contribution in [0.4, 0.5) is 5.82 Å². The molecule has 19 heavy (non-hydrogen) atoms. The molecule has 4 nitrogen and oxygen atoms in total. The van der Waals surface area contributed by atoms with E-state index in [1.807, 2.05) is 0 Å². The highest BCUT2D eigenvalue weighted by atomic mass is 16.4. The van der Waals surface area contributed by atoms with E-state index in [1.54, 1.807) is 19.1 Å². The number of allylic oxidation sites excluding steroid dienone is 1. The van der Waals surface area contributed by atoms with E-state index < -0.39 is 5.97 Å². The summed E-state index contributed by atoms with van der Waals surface area (Å²) in [4.78, 5) is 15.3. The lowest BCUT2D eigenvalue weighted by Gasteiger charge is -2.13. The molecule has 0 atom stereocenters. The molecule has 0 radical (unpaired) electrons. The van der Waals surface area contributed by atoms with E-state index in [9.17, 15) is 4.79 Å². The van der Waals surface area contributed by atoms with Crippen molar-refractivity contribution in [3.8, 4) is 0 Å². The Kier molecular flexibility index (Phi) is 4.55. The van der Waals surface area contributed by atoms with E-state index in [2.05, 4.69) is 16.4 Å². The lowest BCUT2D eigenvalue weighted by atomic mass is 9.97. The highest BCUT2D eigenvalue weighted by Gasteiger charge is 2.07. The molecule has 1 heterocycles. The summed E-state index contributed by atoms with van der Waals surface area (Å²) in [5, 5.41) is 12.2. The zero-order valence-electron chi connectivity index (χ0n) is 11.3. The summed E-state index contributed by atoms with van der Waals surface area (Å²) in [6.45, 7) is 2.61. The van der Waals surface area contributed by atoms with E-state index in [0.717, 1.165) is 18.7 Å². The number of anilines is 1. The lowest BCUT2D eigenvalue weighted by Crippen LogP contribution is -2.08. The van der Waals surface area contributed by atoms with Crippen molar-refractivity contribution >= 4 is 11.8 Å². The number of carboxylic acid groups (broad SMARTS) is 1. The molecule has 0 saturated carbocycles. The summed E-state index contributed by atoms with van der Waals surface area (Å²) >= 11 is 0. The number of aromatic carboxylic acids is 1. The van der Waals surface area contributed by atoms with E-state index in [-0.39, 0.29) is 5.56 Å². The van der Waals surface area contributed by atoms with E-state index in [0.29, 0.717) is 5.82 Å². The molecule has 0 aliphatic heterocycles. The number of aromatic nitrogens is 1. The normalized spacial score (nSPS) is 14.9. The minimum atomic E-state index is -0.913. The smallest absolute Gasteiger partial charge is 0.335 e. The number of pyridine rings is 1. The number of nitrogens with zero attached hydrogens (tertiary/aromatic N) is 1. The van der Waals surface area contributed by atoms with Crippen molar-refractivity contribution in [3.05, 3.63) is 35.0 Å². The van der Waals surface area contributed by atoms with Gasteiger partial charge in [0.1, 0.15) is 5.82 Å². The Morgan fingerprint density at radius 1 is 1.42 bits per heavy atom. The maximum atomic E-state index is 11.0. The molecule has 0 spiro atoms. The van der Waals surface area contributed by atoms with Gasteiger partial charge in [0.2, 0.25) is 0 Å². The molecule has 1 aromatic heterocycles. The van der Waals surface area contributed by atoms with Crippen LogP contribution in [0.25, 0.3) is 0 Å². The molecular formula is C15H20N2O2. The van der Waals surface area contributed by atoms with Gasteiger partial charge >= 0.3 is 5.97 Å². The molecule has 102 valence electrons. The predicted octanol–water partition coefficient (Wildman–Crippen LogP) is 3.39. The van der Waals surface area contributed by atoms with Gasteiger partial charge in [-0.15, -0.1) is 0 Å². The monoisotopic (exact) mass is 260 g/mol. The number of hydrogen-bond donors (Lipinski definition) is 2. The van der Waals surface area contributed by atoms with Crippen molar-refractivity contribution in [1.29, 1.82) is 0 Å². The molecule has 0 amide bonds. The second-order valence-electron chi connectivity index (χ2n) is 4.97. The first kappa shape index (κ1) is 13.6. The maximum absolute atomic E-state index is 11.0. The first-order valence-corrected chi connectivity index (χ1v) is 6.79. The van der Waals surface area contributed by atoms with Gasteiger partial charge in [0, 0.05) is 12.2 Å². The Balaban J connectivity index is 1.92. The Labute approximate surface area is 113 Å². The van der Waals surface area contributed by atoms with Crippen molar-refractivity contribution < 1.29 is 9.90 Å². The summed E-state index contributed by atoms with van der Waals surface area (Å²) in [6.07, 6.45) is 8.33. The van der Waals surface area contributed by atoms with Crippen LogP contribution in [0.15, 0.2) is 23.8 Å². The molecular weight excluding hydrogens is 240 g/mol. The van der Waals surface area contributed by atoms with Crippen molar-refractivity contribution in [2.24, 2.45) is 0 Å². The molecule has 0 fully saturated rings. The summed E-state index contributed by atoms with van der Waals surface area (Å²) in [5.41, 5.74) is 2.51. The molecule has 0 aromatic carbocycles. The average molecular weight is 260 g/mol. The molecule has 2 rings (SSSR count). The summed E-state index contributed by atoms with van der Waals surface area (Å²) in [7, 11) is 0. The van der Waals surface area contributed by atoms with Gasteiger partial charge in [-0.05, 0) is 51.2 Å². The third-order valence-electron chi connectivity index (χ3n) is 3.34. The van der Waals surface area contributed by atoms with Crippen molar-refractivity contribution in [1.82, 2.24) is 4.98 Å². The predicted molar refractivity (Wildman–Crippen MR) is 75.6 cm³/mol. The molecule has 0 saturated heterocycles. The van der Waals surface area contributed by atoms with Crippen LogP contribution in [-0.2, 0) is 0 Å². The molecule has 1 aliphatic carbocycles. The molecule has 0 unspecified atom stereocenters. The summed E-state index contributed by atoms with van der Waals surface area (Å²) < 4.78 is 0. The fourth-order valence-corrected chi connectivity index (χ4v) is 2.37. The number of hydrogen-bond acceptors (Lipinski definition) is 3. The maximum Gasteiger partial charge on any atom is 0.335 e. The van der Waals surface area contributed by atoms with Crippen LogP contribution in [-0.4, -0.2) is 22.6 Å². The van der Waals surface area contributed by atoms with E-state index in [4.69, 9.17) is 5.11 Å². The average Bonchev–Trinajstić information content (AvgIpc) is 2.39. The fraction of sp³-hybridized carbons (Fsp3) is 0.467. The third kappa shape index (κ3) is 4.09. The molecule has 1 aromatic rings. The van der Waals surface area contributed by atoms with Crippen LogP contribution in [0.2, 0.25) is 0 Å². The van der Waals surface area contributed by atoms with Gasteiger partial charge in [0.25, 0.3) is 0 Å². The second-order valence-corrected chi connectivity index (χ2v) is 4.97. The highest BCUT2D eigenvalue weighted by molar-refractivity contribution is 5.88. The van der Waals surface area contributed by atoms with Crippen LogP contribution >= 0.6 is 0 Å². The van der Waals surface area contributed by atoms with Crippen LogP contribution in [0.5, 0.6) is 0 Å². The minimum absolute atomic E-state index is 0.284.